The predicted octanol–water partition coefficient (Wildman–Crippen LogP) is 1.60. The monoisotopic (exact) mass is 412 g/mol. The molecule has 2 aromatic rings. The lowest BCUT2D eigenvalue weighted by Gasteiger charge is -2.34. The molecule has 30 heavy (non-hydrogen) atoms. The number of para-hydroxylation sites is 2. The van der Waals surface area contributed by atoms with Crippen LogP contribution in [0.15, 0.2) is 42.5 Å². The molecule has 1 saturated heterocycles. The molecule has 1 heterocycles. The molecule has 0 atom stereocenters. The van der Waals surface area contributed by atoms with Gasteiger partial charge < -0.3 is 24.6 Å². The first-order chi connectivity index (χ1) is 14.6. The molecule has 1 aliphatic heterocycles. The number of amides is 1. The molecule has 1 fully saturated rings. The minimum absolute atomic E-state index is 0.0809. The van der Waals surface area contributed by atoms with Gasteiger partial charge in [-0.25, -0.2) is 0 Å². The molecule has 6 nitrogen and oxygen atoms in total. The Morgan fingerprint density at radius 3 is 2.57 bits per heavy atom. The minimum Gasteiger partial charge on any atom is -0.492 e. The van der Waals surface area contributed by atoms with Crippen LogP contribution in [-0.4, -0.2) is 58.4 Å². The van der Waals surface area contributed by atoms with Crippen molar-refractivity contribution < 1.29 is 19.2 Å². The van der Waals surface area contributed by atoms with Crippen molar-refractivity contribution in [2.24, 2.45) is 0 Å². The number of nitrogens with one attached hydrogen (secondary N) is 2. The van der Waals surface area contributed by atoms with Gasteiger partial charge in [-0.1, -0.05) is 29.8 Å². The van der Waals surface area contributed by atoms with Crippen LogP contribution in [0.5, 0.6) is 11.5 Å². The number of ether oxygens (including phenoxy) is 2. The van der Waals surface area contributed by atoms with Crippen molar-refractivity contribution in [2.75, 3.05) is 57.4 Å². The van der Waals surface area contributed by atoms with Crippen molar-refractivity contribution >= 4 is 11.6 Å². The topological polar surface area (TPSA) is 55.2 Å². The zero-order valence-corrected chi connectivity index (χ0v) is 18.4. The van der Waals surface area contributed by atoms with Crippen molar-refractivity contribution in [3.05, 3.63) is 53.6 Å². The third kappa shape index (κ3) is 6.13. The molecule has 0 spiro atoms. The Balaban J connectivity index is 1.37. The van der Waals surface area contributed by atoms with E-state index in [0.717, 1.165) is 48.9 Å². The quantitative estimate of drug-likeness (QED) is 0.615. The summed E-state index contributed by atoms with van der Waals surface area (Å²) in [6.07, 6.45) is 0. The lowest BCUT2D eigenvalue weighted by Crippen LogP contribution is -3.16. The maximum atomic E-state index is 12.3. The van der Waals surface area contributed by atoms with Crippen LogP contribution in [0, 0.1) is 13.8 Å². The lowest BCUT2D eigenvalue weighted by molar-refractivity contribution is -0.892. The molecule has 2 N–H and O–H groups in total. The van der Waals surface area contributed by atoms with Crippen molar-refractivity contribution in [3.63, 3.8) is 0 Å². The molecule has 3 rings (SSSR count). The fraction of sp³-hybridized carbons (Fsp3) is 0.458. The van der Waals surface area contributed by atoms with Crippen molar-refractivity contribution in [2.45, 2.75) is 20.8 Å². The van der Waals surface area contributed by atoms with Gasteiger partial charge in [0, 0.05) is 0 Å². The molecule has 1 amide bonds. The Bertz CT molecular complexity index is 832. The Morgan fingerprint density at radius 2 is 1.83 bits per heavy atom. The summed E-state index contributed by atoms with van der Waals surface area (Å²) in [5.41, 5.74) is 3.48. The van der Waals surface area contributed by atoms with Gasteiger partial charge in [0.1, 0.15) is 18.1 Å². The molecule has 0 unspecified atom stereocenters. The van der Waals surface area contributed by atoms with E-state index < -0.39 is 0 Å². The highest BCUT2D eigenvalue weighted by atomic mass is 16.5. The number of carbonyl (C=O) groups excluding carboxylic acids is 1. The summed E-state index contributed by atoms with van der Waals surface area (Å²) < 4.78 is 11.5. The first-order valence-corrected chi connectivity index (χ1v) is 10.8. The van der Waals surface area contributed by atoms with Gasteiger partial charge in [0.15, 0.2) is 6.54 Å². The molecule has 0 bridgehead atoms. The number of aryl methyl sites for hydroxylation is 2. The average molecular weight is 413 g/mol. The number of rotatable bonds is 9. The maximum absolute atomic E-state index is 12.3. The summed E-state index contributed by atoms with van der Waals surface area (Å²) in [6.45, 7) is 12.0. The van der Waals surface area contributed by atoms with Gasteiger partial charge in [-0.15, -0.1) is 0 Å². The first-order valence-electron chi connectivity index (χ1n) is 10.8. The van der Waals surface area contributed by atoms with Crippen LogP contribution >= 0.6 is 0 Å². The Morgan fingerprint density at radius 1 is 1.07 bits per heavy atom. The Hall–Kier alpha value is -2.73. The second kappa shape index (κ2) is 10.9. The third-order valence-electron chi connectivity index (χ3n) is 5.40. The number of quaternary nitrogens is 1. The van der Waals surface area contributed by atoms with Crippen LogP contribution < -0.4 is 24.6 Å². The Kier molecular flexibility index (Phi) is 7.97. The molecule has 1 aliphatic rings. The van der Waals surface area contributed by atoms with Crippen LogP contribution in [0.4, 0.5) is 5.69 Å². The molecule has 2 aromatic carbocycles. The van der Waals surface area contributed by atoms with Gasteiger partial charge in [0.2, 0.25) is 0 Å². The van der Waals surface area contributed by atoms with Gasteiger partial charge in [0.05, 0.1) is 45.0 Å². The number of hydrogen-bond acceptors (Lipinski definition) is 4. The summed E-state index contributed by atoms with van der Waals surface area (Å²) in [4.78, 5) is 16.0. The lowest BCUT2D eigenvalue weighted by atomic mass is 10.1. The van der Waals surface area contributed by atoms with E-state index in [1.54, 1.807) is 0 Å². The fourth-order valence-electron chi connectivity index (χ4n) is 3.84. The fourth-order valence-corrected chi connectivity index (χ4v) is 3.84. The summed E-state index contributed by atoms with van der Waals surface area (Å²) >= 11 is 0. The molecule has 162 valence electrons. The molecule has 0 aromatic heterocycles. The largest absolute Gasteiger partial charge is 0.492 e. The number of hydrogen-bond donors (Lipinski definition) is 2. The second-order valence-corrected chi connectivity index (χ2v) is 7.78. The van der Waals surface area contributed by atoms with Gasteiger partial charge in [-0.3, -0.25) is 4.79 Å². The van der Waals surface area contributed by atoms with Crippen molar-refractivity contribution in [1.82, 2.24) is 5.32 Å². The van der Waals surface area contributed by atoms with Crippen LogP contribution in [0.1, 0.15) is 18.1 Å². The van der Waals surface area contributed by atoms with E-state index in [1.807, 2.05) is 44.2 Å². The number of benzene rings is 2. The molecular weight excluding hydrogens is 378 g/mol. The zero-order valence-electron chi connectivity index (χ0n) is 18.4. The molecular formula is C24H34N3O3+. The smallest absolute Gasteiger partial charge is 0.275 e. The molecule has 0 radical (unpaired) electrons. The third-order valence-corrected chi connectivity index (χ3v) is 5.40. The van der Waals surface area contributed by atoms with Gasteiger partial charge in [-0.2, -0.15) is 0 Å². The highest BCUT2D eigenvalue weighted by Crippen LogP contribution is 2.27. The zero-order chi connectivity index (χ0) is 21.3. The highest BCUT2D eigenvalue weighted by Gasteiger charge is 2.23. The van der Waals surface area contributed by atoms with Crippen molar-refractivity contribution in [3.8, 4) is 11.5 Å². The van der Waals surface area contributed by atoms with Gasteiger partial charge in [-0.05, 0) is 44.5 Å². The summed E-state index contributed by atoms with van der Waals surface area (Å²) in [6, 6.07) is 14.3. The van der Waals surface area contributed by atoms with Crippen LogP contribution in [-0.2, 0) is 4.79 Å². The average Bonchev–Trinajstić information content (AvgIpc) is 2.74. The molecule has 6 heteroatoms. The van der Waals surface area contributed by atoms with Crippen molar-refractivity contribution in [1.29, 1.82) is 0 Å². The first kappa shape index (κ1) is 22.0. The highest BCUT2D eigenvalue weighted by molar-refractivity contribution is 5.76. The standard InChI is InChI=1S/C24H33N3O3/c1-4-29-23-8-6-5-7-21(23)27-14-12-26(13-15-27)18-24(28)25-11-16-30-22-10-9-19(2)17-20(22)3/h5-10,17H,4,11-16,18H2,1-3H3,(H,25,28)/p+1. The SMILES string of the molecule is CCOc1ccccc1N1CC[NH+](CC(=O)NCCOc2ccc(C)cc2C)CC1. The van der Waals surface area contributed by atoms with E-state index in [4.69, 9.17) is 9.47 Å². The van der Waals surface area contributed by atoms with E-state index in [2.05, 4.69) is 29.3 Å². The molecule has 0 saturated carbocycles. The normalized spacial score (nSPS) is 14.4. The number of carbonyl (C=O) groups is 1. The summed E-state index contributed by atoms with van der Waals surface area (Å²) in [5, 5.41) is 2.98. The van der Waals surface area contributed by atoms with Crippen LogP contribution in [0.2, 0.25) is 0 Å². The van der Waals surface area contributed by atoms with E-state index in [9.17, 15) is 4.79 Å². The Labute approximate surface area is 179 Å². The minimum atomic E-state index is 0.0809. The van der Waals surface area contributed by atoms with E-state index in [0.29, 0.717) is 26.3 Å². The van der Waals surface area contributed by atoms with E-state index in [1.165, 1.54) is 10.5 Å². The summed E-state index contributed by atoms with van der Waals surface area (Å²) in [5.74, 6) is 1.89. The van der Waals surface area contributed by atoms with Gasteiger partial charge in [0.25, 0.3) is 5.91 Å². The second-order valence-electron chi connectivity index (χ2n) is 7.78. The maximum Gasteiger partial charge on any atom is 0.275 e. The number of nitrogens with zero attached hydrogens (tertiary/aromatic N) is 1. The van der Waals surface area contributed by atoms with E-state index in [-0.39, 0.29) is 5.91 Å². The molecule has 0 aliphatic carbocycles. The number of piperazine rings is 1. The summed E-state index contributed by atoms with van der Waals surface area (Å²) in [7, 11) is 0. The van der Waals surface area contributed by atoms with E-state index >= 15 is 0 Å². The van der Waals surface area contributed by atoms with Crippen LogP contribution in [0.3, 0.4) is 0 Å². The van der Waals surface area contributed by atoms with Crippen LogP contribution in [0.25, 0.3) is 0 Å². The predicted molar refractivity (Wildman–Crippen MR) is 120 cm³/mol. The number of anilines is 1. The van der Waals surface area contributed by atoms with Gasteiger partial charge >= 0.3 is 0 Å².